The Bertz CT molecular complexity index is 438. The molecular formula is C13H15NO3. The first kappa shape index (κ1) is 10.6. The molecule has 0 aliphatic carbocycles. The maximum Gasteiger partial charge on any atom is 0.349 e. The van der Waals surface area contributed by atoms with Crippen LogP contribution in [0.3, 0.4) is 0 Å². The lowest BCUT2D eigenvalue weighted by Gasteiger charge is -2.18. The second kappa shape index (κ2) is 4.37. The molecule has 0 amide bonds. The smallest absolute Gasteiger partial charge is 0.349 e. The van der Waals surface area contributed by atoms with Crippen LogP contribution >= 0.6 is 0 Å². The van der Waals surface area contributed by atoms with Gasteiger partial charge in [0.1, 0.15) is 0 Å². The maximum absolute atomic E-state index is 11.1. The molecule has 1 aromatic rings. The van der Waals surface area contributed by atoms with Crippen molar-refractivity contribution in [3.05, 3.63) is 23.8 Å². The summed E-state index contributed by atoms with van der Waals surface area (Å²) in [7, 11) is 0. The highest BCUT2D eigenvalue weighted by molar-refractivity contribution is 5.76. The minimum atomic E-state index is -0.322. The molecule has 1 aromatic carbocycles. The first-order valence-corrected chi connectivity index (χ1v) is 5.98. The average molecular weight is 233 g/mol. The Morgan fingerprint density at radius 2 is 2.29 bits per heavy atom. The third kappa shape index (κ3) is 2.26. The van der Waals surface area contributed by atoms with E-state index in [1.54, 1.807) is 0 Å². The minimum absolute atomic E-state index is 0.0128. The molecule has 3 rings (SSSR count). The van der Waals surface area contributed by atoms with Crippen molar-refractivity contribution < 1.29 is 14.3 Å². The number of hydrogen-bond acceptors (Lipinski definition) is 4. The van der Waals surface area contributed by atoms with Crippen LogP contribution in [0.4, 0.5) is 0 Å². The minimum Gasteiger partial charge on any atom is -0.478 e. The van der Waals surface area contributed by atoms with Gasteiger partial charge in [-0.3, -0.25) is 0 Å². The second-order valence-corrected chi connectivity index (χ2v) is 4.61. The van der Waals surface area contributed by atoms with Crippen LogP contribution in [0, 0.1) is 5.92 Å². The number of hydrogen-bond donors (Lipinski definition) is 1. The Balaban J connectivity index is 1.77. The van der Waals surface area contributed by atoms with Gasteiger partial charge in [0.25, 0.3) is 0 Å². The van der Waals surface area contributed by atoms with E-state index in [4.69, 9.17) is 9.47 Å². The summed E-state index contributed by atoms with van der Waals surface area (Å²) in [5.74, 6) is 1.59. The monoisotopic (exact) mass is 233 g/mol. The SMILES string of the molecule is O=C1COc2ccc(CC3CCNC3)cc2O1. The molecule has 2 aliphatic heterocycles. The van der Waals surface area contributed by atoms with E-state index in [0.29, 0.717) is 17.4 Å². The number of ether oxygens (including phenoxy) is 2. The van der Waals surface area contributed by atoms with Gasteiger partial charge in [-0.15, -0.1) is 0 Å². The number of carbonyl (C=O) groups excluding carboxylic acids is 1. The summed E-state index contributed by atoms with van der Waals surface area (Å²) >= 11 is 0. The van der Waals surface area contributed by atoms with Gasteiger partial charge >= 0.3 is 5.97 Å². The van der Waals surface area contributed by atoms with Crippen LogP contribution in [0.5, 0.6) is 11.5 Å². The number of rotatable bonds is 2. The highest BCUT2D eigenvalue weighted by Gasteiger charge is 2.20. The van der Waals surface area contributed by atoms with E-state index in [0.717, 1.165) is 19.5 Å². The molecule has 0 saturated carbocycles. The Kier molecular flexibility index (Phi) is 2.73. The van der Waals surface area contributed by atoms with Gasteiger partial charge in [-0.2, -0.15) is 0 Å². The van der Waals surface area contributed by atoms with Gasteiger partial charge in [-0.25, -0.2) is 4.79 Å². The molecule has 1 atom stereocenters. The standard InChI is InChI=1S/C13H15NO3/c15-13-8-16-11-2-1-9(6-12(11)17-13)5-10-3-4-14-7-10/h1-2,6,10,14H,3-5,7-8H2. The molecule has 2 heterocycles. The van der Waals surface area contributed by atoms with Crippen molar-refractivity contribution in [3.8, 4) is 11.5 Å². The van der Waals surface area contributed by atoms with Crippen molar-refractivity contribution >= 4 is 5.97 Å². The van der Waals surface area contributed by atoms with Crippen LogP contribution in [-0.2, 0) is 11.2 Å². The molecule has 1 N–H and O–H groups in total. The first-order valence-electron chi connectivity index (χ1n) is 5.98. The van der Waals surface area contributed by atoms with Crippen molar-refractivity contribution in [2.45, 2.75) is 12.8 Å². The van der Waals surface area contributed by atoms with Gasteiger partial charge < -0.3 is 14.8 Å². The summed E-state index contributed by atoms with van der Waals surface area (Å²) < 4.78 is 10.4. The molecular weight excluding hydrogens is 218 g/mol. The van der Waals surface area contributed by atoms with Crippen LogP contribution in [0.15, 0.2) is 18.2 Å². The predicted molar refractivity (Wildman–Crippen MR) is 62.3 cm³/mol. The summed E-state index contributed by atoms with van der Waals surface area (Å²) in [5.41, 5.74) is 1.20. The molecule has 0 bridgehead atoms. The lowest BCUT2D eigenvalue weighted by atomic mass is 9.98. The molecule has 0 radical (unpaired) electrons. The molecule has 1 fully saturated rings. The number of fused-ring (bicyclic) bond motifs is 1. The molecule has 0 spiro atoms. The Morgan fingerprint density at radius 1 is 1.35 bits per heavy atom. The van der Waals surface area contributed by atoms with Crippen molar-refractivity contribution in [3.63, 3.8) is 0 Å². The van der Waals surface area contributed by atoms with Crippen molar-refractivity contribution in [1.82, 2.24) is 5.32 Å². The summed E-state index contributed by atoms with van der Waals surface area (Å²) in [5, 5.41) is 3.35. The average Bonchev–Trinajstić information content (AvgIpc) is 2.81. The number of carbonyl (C=O) groups is 1. The fourth-order valence-electron chi connectivity index (χ4n) is 2.39. The Hall–Kier alpha value is -1.55. The van der Waals surface area contributed by atoms with E-state index < -0.39 is 0 Å². The van der Waals surface area contributed by atoms with E-state index in [1.165, 1.54) is 12.0 Å². The summed E-state index contributed by atoms with van der Waals surface area (Å²) in [4.78, 5) is 11.1. The zero-order chi connectivity index (χ0) is 11.7. The van der Waals surface area contributed by atoms with E-state index in [9.17, 15) is 4.79 Å². The normalized spacial score (nSPS) is 22.8. The quantitative estimate of drug-likeness (QED) is 0.614. The lowest BCUT2D eigenvalue weighted by molar-refractivity contribution is -0.138. The van der Waals surface area contributed by atoms with Gasteiger partial charge in [0.2, 0.25) is 0 Å². The third-order valence-electron chi connectivity index (χ3n) is 3.26. The maximum atomic E-state index is 11.1. The van der Waals surface area contributed by atoms with Crippen LogP contribution < -0.4 is 14.8 Å². The van der Waals surface area contributed by atoms with Crippen LogP contribution in [-0.4, -0.2) is 25.7 Å². The largest absolute Gasteiger partial charge is 0.478 e. The van der Waals surface area contributed by atoms with Crippen molar-refractivity contribution in [2.75, 3.05) is 19.7 Å². The predicted octanol–water partition coefficient (Wildman–Crippen LogP) is 1.14. The fourth-order valence-corrected chi connectivity index (χ4v) is 2.39. The highest BCUT2D eigenvalue weighted by Crippen LogP contribution is 2.32. The molecule has 0 aromatic heterocycles. The molecule has 4 nitrogen and oxygen atoms in total. The number of esters is 1. The van der Waals surface area contributed by atoms with Gasteiger partial charge in [-0.05, 0) is 49.5 Å². The molecule has 2 aliphatic rings. The van der Waals surface area contributed by atoms with E-state index >= 15 is 0 Å². The molecule has 1 unspecified atom stereocenters. The van der Waals surface area contributed by atoms with Crippen molar-refractivity contribution in [1.29, 1.82) is 0 Å². The second-order valence-electron chi connectivity index (χ2n) is 4.61. The third-order valence-corrected chi connectivity index (χ3v) is 3.26. The van der Waals surface area contributed by atoms with Gasteiger partial charge in [0.05, 0.1) is 0 Å². The molecule has 90 valence electrons. The Morgan fingerprint density at radius 3 is 3.12 bits per heavy atom. The molecule has 4 heteroatoms. The van der Waals surface area contributed by atoms with E-state index in [-0.39, 0.29) is 12.6 Å². The topological polar surface area (TPSA) is 47.6 Å². The zero-order valence-electron chi connectivity index (χ0n) is 9.57. The highest BCUT2D eigenvalue weighted by atomic mass is 16.6. The van der Waals surface area contributed by atoms with Gasteiger partial charge in [0, 0.05) is 0 Å². The summed E-state index contributed by atoms with van der Waals surface area (Å²) in [6.07, 6.45) is 2.24. The Labute approximate surface area is 99.9 Å². The van der Waals surface area contributed by atoms with Crippen LogP contribution in [0.2, 0.25) is 0 Å². The van der Waals surface area contributed by atoms with Gasteiger partial charge in [0.15, 0.2) is 18.1 Å². The van der Waals surface area contributed by atoms with Gasteiger partial charge in [-0.1, -0.05) is 6.07 Å². The lowest BCUT2D eigenvalue weighted by Crippen LogP contribution is -2.22. The summed E-state index contributed by atoms with van der Waals surface area (Å²) in [6.45, 7) is 2.19. The van der Waals surface area contributed by atoms with Crippen LogP contribution in [0.25, 0.3) is 0 Å². The van der Waals surface area contributed by atoms with Crippen molar-refractivity contribution in [2.24, 2.45) is 5.92 Å². The first-order chi connectivity index (χ1) is 8.31. The number of benzene rings is 1. The van der Waals surface area contributed by atoms with E-state index in [1.807, 2.05) is 12.1 Å². The summed E-state index contributed by atoms with van der Waals surface area (Å²) in [6, 6.07) is 5.86. The fraction of sp³-hybridized carbons (Fsp3) is 0.462. The van der Waals surface area contributed by atoms with Crippen LogP contribution in [0.1, 0.15) is 12.0 Å². The zero-order valence-corrected chi connectivity index (χ0v) is 9.57. The van der Waals surface area contributed by atoms with E-state index in [2.05, 4.69) is 11.4 Å². The molecule has 17 heavy (non-hydrogen) atoms. The number of nitrogens with one attached hydrogen (secondary N) is 1. The molecule has 1 saturated heterocycles.